The maximum atomic E-state index is 10.4. The van der Waals surface area contributed by atoms with Gasteiger partial charge in [0.05, 0.1) is 0 Å². The van der Waals surface area contributed by atoms with E-state index in [2.05, 4.69) is 0 Å². The van der Waals surface area contributed by atoms with Gasteiger partial charge in [-0.2, -0.15) is 11.8 Å². The Morgan fingerprint density at radius 2 is 2.07 bits per heavy atom. The highest BCUT2D eigenvalue weighted by atomic mass is 32.2. The van der Waals surface area contributed by atoms with Crippen LogP contribution in [0.1, 0.15) is 12.8 Å². The van der Waals surface area contributed by atoms with Gasteiger partial charge in [0.1, 0.15) is 6.04 Å². The molecule has 0 bridgehead atoms. The van der Waals surface area contributed by atoms with Crippen molar-refractivity contribution < 1.29 is 19.7 Å². The van der Waals surface area contributed by atoms with Crippen LogP contribution in [0.15, 0.2) is 0 Å². The molecule has 90 valence electrons. The molecule has 0 aliphatic heterocycles. The van der Waals surface area contributed by atoms with E-state index in [0.717, 1.165) is 12.2 Å². The number of ether oxygens (including phenoxy) is 1. The van der Waals surface area contributed by atoms with Crippen molar-refractivity contribution in [2.75, 3.05) is 31.3 Å². The lowest BCUT2D eigenvalue weighted by molar-refractivity contribution is -0.137. The number of nitrogens with two attached hydrogens (primary N) is 1. The molecule has 0 aromatic rings. The molecule has 0 radical (unpaired) electrons. The maximum absolute atomic E-state index is 10.4. The molecule has 0 heterocycles. The summed E-state index contributed by atoms with van der Waals surface area (Å²) in [5.41, 5.74) is 5.32. The molecule has 0 fully saturated rings. The normalized spacial score (nSPS) is 12.7. The minimum Gasteiger partial charge on any atom is -0.480 e. The number of aliphatic hydroxyl groups is 1. The summed E-state index contributed by atoms with van der Waals surface area (Å²) in [6.07, 6.45) is 1.54. The molecule has 0 saturated heterocycles. The van der Waals surface area contributed by atoms with Crippen LogP contribution in [0.25, 0.3) is 0 Å². The quantitative estimate of drug-likeness (QED) is 0.460. The summed E-state index contributed by atoms with van der Waals surface area (Å²) in [6.45, 7) is 1.38. The average Bonchev–Trinajstić information content (AvgIpc) is 2.21. The van der Waals surface area contributed by atoms with Crippen molar-refractivity contribution in [3.63, 3.8) is 0 Å². The maximum Gasteiger partial charge on any atom is 0.321 e. The van der Waals surface area contributed by atoms with Crippen LogP contribution in [0.3, 0.4) is 0 Å². The third-order valence-corrected chi connectivity index (χ3v) is 2.81. The van der Waals surface area contributed by atoms with Crippen LogP contribution in [-0.2, 0) is 9.53 Å². The number of carboxylic acids is 1. The van der Waals surface area contributed by atoms with Crippen molar-refractivity contribution in [3.8, 4) is 0 Å². The molecule has 5 nitrogen and oxygen atoms in total. The minimum atomic E-state index is -0.957. The molecule has 0 rings (SSSR count). The number of hydrogen-bond donors (Lipinski definition) is 3. The number of rotatable bonds is 10. The van der Waals surface area contributed by atoms with Gasteiger partial charge in [0.25, 0.3) is 0 Å². The summed E-state index contributed by atoms with van der Waals surface area (Å²) in [5.74, 6) is 0.327. The van der Waals surface area contributed by atoms with Crippen molar-refractivity contribution in [3.05, 3.63) is 0 Å². The first-order valence-corrected chi connectivity index (χ1v) is 6.08. The summed E-state index contributed by atoms with van der Waals surface area (Å²) in [7, 11) is 0. The lowest BCUT2D eigenvalue weighted by Crippen LogP contribution is -2.32. The van der Waals surface area contributed by atoms with Gasteiger partial charge < -0.3 is 20.7 Å². The second-order valence-corrected chi connectivity index (χ2v) is 4.21. The standard InChI is InChI=1S/C9H19NO4S/c10-8(9(12)13)7-15-6-2-5-14-4-1-3-11/h8,11H,1-7,10H2,(H,12,13)/t8-/m0/s1. The smallest absolute Gasteiger partial charge is 0.321 e. The van der Waals surface area contributed by atoms with E-state index in [1.807, 2.05) is 0 Å². The number of carbonyl (C=O) groups is 1. The summed E-state index contributed by atoms with van der Waals surface area (Å²) in [4.78, 5) is 10.4. The molecule has 0 aliphatic rings. The van der Waals surface area contributed by atoms with Gasteiger partial charge >= 0.3 is 5.97 Å². The third-order valence-electron chi connectivity index (χ3n) is 1.64. The second kappa shape index (κ2) is 10.2. The van der Waals surface area contributed by atoms with Crippen LogP contribution in [0.5, 0.6) is 0 Å². The zero-order valence-corrected chi connectivity index (χ0v) is 9.54. The lowest BCUT2D eigenvalue weighted by Gasteiger charge is -2.06. The first-order chi connectivity index (χ1) is 7.18. The third kappa shape index (κ3) is 9.99. The molecule has 15 heavy (non-hydrogen) atoms. The van der Waals surface area contributed by atoms with E-state index in [9.17, 15) is 4.79 Å². The van der Waals surface area contributed by atoms with Crippen LogP contribution >= 0.6 is 11.8 Å². The highest BCUT2D eigenvalue weighted by molar-refractivity contribution is 7.99. The Balaban J connectivity index is 3.08. The predicted octanol–water partition coefficient (Wildman–Crippen LogP) is -0.0794. The highest BCUT2D eigenvalue weighted by Crippen LogP contribution is 2.04. The molecule has 0 unspecified atom stereocenters. The molecule has 0 spiro atoms. The van der Waals surface area contributed by atoms with E-state index in [1.54, 1.807) is 0 Å². The molecule has 0 aromatic carbocycles. The summed E-state index contributed by atoms with van der Waals surface area (Å²) in [6, 6.07) is -0.773. The van der Waals surface area contributed by atoms with Crippen molar-refractivity contribution >= 4 is 17.7 Å². The number of carboxylic acid groups (broad SMARTS) is 1. The van der Waals surface area contributed by atoms with E-state index >= 15 is 0 Å². The SMILES string of the molecule is N[C@@H](CSCCCOCCCO)C(=O)O. The molecule has 0 saturated carbocycles. The molecule has 4 N–H and O–H groups in total. The Labute approximate surface area is 94.0 Å². The van der Waals surface area contributed by atoms with Crippen LogP contribution in [0.4, 0.5) is 0 Å². The molecule has 6 heteroatoms. The van der Waals surface area contributed by atoms with Gasteiger partial charge in [-0.25, -0.2) is 0 Å². The summed E-state index contributed by atoms with van der Waals surface area (Å²) < 4.78 is 5.21. The van der Waals surface area contributed by atoms with Gasteiger partial charge in [0.2, 0.25) is 0 Å². The fraction of sp³-hybridized carbons (Fsp3) is 0.889. The van der Waals surface area contributed by atoms with Crippen LogP contribution in [0.2, 0.25) is 0 Å². The fourth-order valence-electron chi connectivity index (χ4n) is 0.813. The van der Waals surface area contributed by atoms with E-state index in [4.69, 9.17) is 20.7 Å². The summed E-state index contributed by atoms with van der Waals surface area (Å²) in [5, 5.41) is 17.0. The van der Waals surface area contributed by atoms with E-state index in [0.29, 0.717) is 25.4 Å². The fourth-order valence-corrected chi connectivity index (χ4v) is 1.70. The van der Waals surface area contributed by atoms with E-state index < -0.39 is 12.0 Å². The van der Waals surface area contributed by atoms with Crippen molar-refractivity contribution in [1.29, 1.82) is 0 Å². The molecule has 0 aliphatic carbocycles. The first kappa shape index (κ1) is 14.7. The van der Waals surface area contributed by atoms with E-state index in [1.165, 1.54) is 11.8 Å². The molecule has 0 amide bonds. The Morgan fingerprint density at radius 3 is 2.67 bits per heavy atom. The van der Waals surface area contributed by atoms with Crippen LogP contribution in [0, 0.1) is 0 Å². The largest absolute Gasteiger partial charge is 0.480 e. The number of hydrogen-bond acceptors (Lipinski definition) is 5. The van der Waals surface area contributed by atoms with Crippen LogP contribution in [-0.4, -0.2) is 53.6 Å². The lowest BCUT2D eigenvalue weighted by atomic mass is 10.4. The summed E-state index contributed by atoms with van der Waals surface area (Å²) >= 11 is 1.52. The van der Waals surface area contributed by atoms with Crippen molar-refractivity contribution in [2.24, 2.45) is 5.73 Å². The monoisotopic (exact) mass is 237 g/mol. The molecular formula is C9H19NO4S. The average molecular weight is 237 g/mol. The topological polar surface area (TPSA) is 92.8 Å². The predicted molar refractivity (Wildman–Crippen MR) is 60.1 cm³/mol. The second-order valence-electron chi connectivity index (χ2n) is 3.06. The highest BCUT2D eigenvalue weighted by Gasteiger charge is 2.10. The minimum absolute atomic E-state index is 0.155. The van der Waals surface area contributed by atoms with Gasteiger partial charge in [0, 0.05) is 25.6 Å². The van der Waals surface area contributed by atoms with Crippen molar-refractivity contribution in [2.45, 2.75) is 18.9 Å². The zero-order valence-electron chi connectivity index (χ0n) is 8.72. The first-order valence-electron chi connectivity index (χ1n) is 4.93. The molecule has 1 atom stereocenters. The van der Waals surface area contributed by atoms with Crippen LogP contribution < -0.4 is 5.73 Å². The van der Waals surface area contributed by atoms with E-state index in [-0.39, 0.29) is 6.61 Å². The number of aliphatic hydroxyl groups excluding tert-OH is 1. The molecule has 0 aromatic heterocycles. The Morgan fingerprint density at radius 1 is 1.40 bits per heavy atom. The zero-order chi connectivity index (χ0) is 11.5. The Hall–Kier alpha value is -0.300. The van der Waals surface area contributed by atoms with Gasteiger partial charge in [0.15, 0.2) is 0 Å². The van der Waals surface area contributed by atoms with Gasteiger partial charge in [-0.05, 0) is 18.6 Å². The Kier molecular flexibility index (Phi) is 10.0. The number of aliphatic carboxylic acids is 1. The van der Waals surface area contributed by atoms with Crippen molar-refractivity contribution in [1.82, 2.24) is 0 Å². The van der Waals surface area contributed by atoms with Gasteiger partial charge in [-0.1, -0.05) is 0 Å². The molecular weight excluding hydrogens is 218 g/mol. The van der Waals surface area contributed by atoms with Gasteiger partial charge in [-0.15, -0.1) is 0 Å². The number of thioether (sulfide) groups is 1. The Bertz CT molecular complexity index is 168. The van der Waals surface area contributed by atoms with Gasteiger partial charge in [-0.3, -0.25) is 4.79 Å².